The van der Waals surface area contributed by atoms with Crippen LogP contribution >= 0.6 is 0 Å². The number of anilines is 3. The summed E-state index contributed by atoms with van der Waals surface area (Å²) in [5.41, 5.74) is 12.1. The fourth-order valence-corrected chi connectivity index (χ4v) is 5.10. The van der Waals surface area contributed by atoms with Crippen molar-refractivity contribution in [2.45, 2.75) is 13.3 Å². The Morgan fingerprint density at radius 3 is 1.15 bits per heavy atom. The molecule has 0 amide bonds. The van der Waals surface area contributed by atoms with Crippen molar-refractivity contribution in [2.24, 2.45) is 0 Å². The standard InChI is InChI=1S/C38H31N/c1-2-29-18-22-37(23-19-29)39(36-16-10-5-11-17-36)38-24-20-32(21-25-38)35-27-33(30-12-6-3-7-13-30)26-34(28-35)31-14-8-4-9-15-31/h3-28H,2H2,1H3. The van der Waals surface area contributed by atoms with Gasteiger partial charge in [0.1, 0.15) is 0 Å². The fraction of sp³-hybridized carbons (Fsp3) is 0.0526. The molecule has 6 rings (SSSR count). The van der Waals surface area contributed by atoms with Crippen molar-refractivity contribution in [2.75, 3.05) is 4.90 Å². The maximum absolute atomic E-state index is 2.32. The number of para-hydroxylation sites is 1. The van der Waals surface area contributed by atoms with E-state index in [-0.39, 0.29) is 0 Å². The number of rotatable bonds is 7. The van der Waals surface area contributed by atoms with Crippen LogP contribution in [0.4, 0.5) is 17.1 Å². The lowest BCUT2D eigenvalue weighted by Crippen LogP contribution is -2.09. The molecule has 0 radical (unpaired) electrons. The Kier molecular flexibility index (Phi) is 7.05. The average molecular weight is 502 g/mol. The molecule has 0 N–H and O–H groups in total. The molecule has 1 heteroatoms. The predicted octanol–water partition coefficient (Wildman–Crippen LogP) is 10.7. The van der Waals surface area contributed by atoms with E-state index in [0.29, 0.717) is 0 Å². The summed E-state index contributed by atoms with van der Waals surface area (Å²) in [5, 5.41) is 0. The summed E-state index contributed by atoms with van der Waals surface area (Å²) in [6.07, 6.45) is 1.04. The van der Waals surface area contributed by atoms with E-state index in [9.17, 15) is 0 Å². The van der Waals surface area contributed by atoms with Gasteiger partial charge in [-0.1, -0.05) is 110 Å². The number of nitrogens with zero attached hydrogens (tertiary/aromatic N) is 1. The minimum absolute atomic E-state index is 1.04. The van der Waals surface area contributed by atoms with Gasteiger partial charge in [0, 0.05) is 17.1 Å². The monoisotopic (exact) mass is 501 g/mol. The molecular weight excluding hydrogens is 470 g/mol. The molecule has 0 heterocycles. The Hall–Kier alpha value is -4.88. The molecular formula is C38H31N. The molecule has 0 aliphatic heterocycles. The van der Waals surface area contributed by atoms with E-state index in [1.165, 1.54) is 38.9 Å². The zero-order valence-corrected chi connectivity index (χ0v) is 22.2. The van der Waals surface area contributed by atoms with Crippen molar-refractivity contribution < 1.29 is 0 Å². The zero-order chi connectivity index (χ0) is 26.4. The molecule has 0 unspecified atom stereocenters. The highest BCUT2D eigenvalue weighted by atomic mass is 15.1. The summed E-state index contributed by atoms with van der Waals surface area (Å²) in [6, 6.07) is 56.6. The molecule has 0 aliphatic rings. The van der Waals surface area contributed by atoms with Gasteiger partial charge >= 0.3 is 0 Å². The minimum atomic E-state index is 1.04. The Morgan fingerprint density at radius 2 is 0.718 bits per heavy atom. The van der Waals surface area contributed by atoms with Gasteiger partial charge in [-0.05, 0) is 100.0 Å². The van der Waals surface area contributed by atoms with Crippen LogP contribution in [0.2, 0.25) is 0 Å². The van der Waals surface area contributed by atoms with Gasteiger partial charge in [0.15, 0.2) is 0 Å². The van der Waals surface area contributed by atoms with Crippen molar-refractivity contribution in [3.05, 3.63) is 163 Å². The molecule has 0 fully saturated rings. The number of aryl methyl sites for hydroxylation is 1. The quantitative estimate of drug-likeness (QED) is 0.210. The van der Waals surface area contributed by atoms with E-state index < -0.39 is 0 Å². The SMILES string of the molecule is CCc1ccc(N(c2ccccc2)c2ccc(-c3cc(-c4ccccc4)cc(-c4ccccc4)c3)cc2)cc1. The minimum Gasteiger partial charge on any atom is -0.311 e. The topological polar surface area (TPSA) is 3.24 Å². The van der Waals surface area contributed by atoms with Crippen molar-refractivity contribution in [1.29, 1.82) is 0 Å². The molecule has 0 atom stereocenters. The first-order valence-corrected chi connectivity index (χ1v) is 13.6. The third kappa shape index (κ3) is 5.39. The molecule has 39 heavy (non-hydrogen) atoms. The maximum atomic E-state index is 2.32. The summed E-state index contributed by atoms with van der Waals surface area (Å²) < 4.78 is 0. The molecule has 1 nitrogen and oxygen atoms in total. The molecule has 0 bridgehead atoms. The zero-order valence-electron chi connectivity index (χ0n) is 22.2. The van der Waals surface area contributed by atoms with Crippen molar-refractivity contribution in [3.8, 4) is 33.4 Å². The molecule has 6 aromatic carbocycles. The van der Waals surface area contributed by atoms with Gasteiger partial charge in [0.05, 0.1) is 0 Å². The number of hydrogen-bond acceptors (Lipinski definition) is 1. The molecule has 0 aromatic heterocycles. The summed E-state index contributed by atoms with van der Waals surface area (Å²) in [4.78, 5) is 2.32. The van der Waals surface area contributed by atoms with Crippen LogP contribution in [-0.4, -0.2) is 0 Å². The van der Waals surface area contributed by atoms with E-state index in [1.54, 1.807) is 0 Å². The molecule has 188 valence electrons. The van der Waals surface area contributed by atoms with Crippen molar-refractivity contribution >= 4 is 17.1 Å². The highest BCUT2D eigenvalue weighted by molar-refractivity contribution is 5.83. The first-order valence-electron chi connectivity index (χ1n) is 13.6. The van der Waals surface area contributed by atoms with Crippen molar-refractivity contribution in [1.82, 2.24) is 0 Å². The molecule has 0 saturated heterocycles. The van der Waals surface area contributed by atoms with Gasteiger partial charge in [0.2, 0.25) is 0 Å². The van der Waals surface area contributed by atoms with Gasteiger partial charge in [-0.2, -0.15) is 0 Å². The van der Waals surface area contributed by atoms with Gasteiger partial charge in [-0.3, -0.25) is 0 Å². The highest BCUT2D eigenvalue weighted by Gasteiger charge is 2.13. The van der Waals surface area contributed by atoms with Crippen LogP contribution in [0.5, 0.6) is 0 Å². The van der Waals surface area contributed by atoms with Gasteiger partial charge in [-0.15, -0.1) is 0 Å². The van der Waals surface area contributed by atoms with Crippen LogP contribution < -0.4 is 4.90 Å². The molecule has 0 spiro atoms. The smallest absolute Gasteiger partial charge is 0.0462 e. The summed E-state index contributed by atoms with van der Waals surface area (Å²) in [6.45, 7) is 2.19. The largest absolute Gasteiger partial charge is 0.311 e. The van der Waals surface area contributed by atoms with Crippen LogP contribution in [-0.2, 0) is 6.42 Å². The van der Waals surface area contributed by atoms with Crippen molar-refractivity contribution in [3.63, 3.8) is 0 Å². The number of benzene rings is 6. The maximum Gasteiger partial charge on any atom is 0.0462 e. The van der Waals surface area contributed by atoms with Crippen LogP contribution in [0.15, 0.2) is 158 Å². The first kappa shape index (κ1) is 24.5. The van der Waals surface area contributed by atoms with E-state index in [0.717, 1.165) is 23.5 Å². The fourth-order valence-electron chi connectivity index (χ4n) is 5.10. The Balaban J connectivity index is 1.42. The lowest BCUT2D eigenvalue weighted by molar-refractivity contribution is 1.14. The number of hydrogen-bond donors (Lipinski definition) is 0. The van der Waals surface area contributed by atoms with E-state index in [1.807, 2.05) is 0 Å². The molecule has 0 saturated carbocycles. The summed E-state index contributed by atoms with van der Waals surface area (Å²) in [7, 11) is 0. The van der Waals surface area contributed by atoms with Crippen LogP contribution in [0.1, 0.15) is 12.5 Å². The highest BCUT2D eigenvalue weighted by Crippen LogP contribution is 2.37. The van der Waals surface area contributed by atoms with Crippen LogP contribution in [0.25, 0.3) is 33.4 Å². The lowest BCUT2D eigenvalue weighted by atomic mass is 9.93. The average Bonchev–Trinajstić information content (AvgIpc) is 3.03. The first-order chi connectivity index (χ1) is 19.3. The Bertz CT molecular complexity index is 1580. The third-order valence-corrected chi connectivity index (χ3v) is 7.22. The molecule has 6 aromatic rings. The summed E-state index contributed by atoms with van der Waals surface area (Å²) in [5.74, 6) is 0. The van der Waals surface area contributed by atoms with E-state index in [2.05, 4.69) is 170 Å². The second-order valence-electron chi connectivity index (χ2n) is 9.77. The Labute approximate surface area is 231 Å². The normalized spacial score (nSPS) is 10.8. The van der Waals surface area contributed by atoms with Crippen LogP contribution in [0.3, 0.4) is 0 Å². The second kappa shape index (κ2) is 11.2. The lowest BCUT2D eigenvalue weighted by Gasteiger charge is -2.26. The third-order valence-electron chi connectivity index (χ3n) is 7.22. The Morgan fingerprint density at radius 1 is 0.359 bits per heavy atom. The molecule has 0 aliphatic carbocycles. The second-order valence-corrected chi connectivity index (χ2v) is 9.77. The van der Waals surface area contributed by atoms with E-state index in [4.69, 9.17) is 0 Å². The van der Waals surface area contributed by atoms with Gasteiger partial charge < -0.3 is 4.90 Å². The van der Waals surface area contributed by atoms with E-state index >= 15 is 0 Å². The van der Waals surface area contributed by atoms with Gasteiger partial charge in [-0.25, -0.2) is 0 Å². The van der Waals surface area contributed by atoms with Gasteiger partial charge in [0.25, 0.3) is 0 Å². The summed E-state index contributed by atoms with van der Waals surface area (Å²) >= 11 is 0. The predicted molar refractivity (Wildman–Crippen MR) is 167 cm³/mol. The van der Waals surface area contributed by atoms with Crippen LogP contribution in [0, 0.1) is 0 Å².